The van der Waals surface area contributed by atoms with Gasteiger partial charge in [0.1, 0.15) is 0 Å². The Hall–Kier alpha value is -2.08. The van der Waals surface area contributed by atoms with Gasteiger partial charge >= 0.3 is 0 Å². The Morgan fingerprint density at radius 3 is 2.29 bits per heavy atom. The van der Waals surface area contributed by atoms with Crippen LogP contribution in [0.5, 0.6) is 0 Å². The summed E-state index contributed by atoms with van der Waals surface area (Å²) in [6.45, 7) is 13.3. The van der Waals surface area contributed by atoms with Crippen LogP contribution in [0.3, 0.4) is 0 Å². The van der Waals surface area contributed by atoms with Gasteiger partial charge in [0, 0.05) is 38.1 Å². The van der Waals surface area contributed by atoms with Crippen LogP contribution in [0.4, 0.5) is 0 Å². The highest BCUT2D eigenvalue weighted by Crippen LogP contribution is 2.68. The molecule has 2 aliphatic carbocycles. The van der Waals surface area contributed by atoms with E-state index in [0.717, 1.165) is 32.0 Å². The maximum atomic E-state index is 3.84. The van der Waals surface area contributed by atoms with Crippen molar-refractivity contribution in [2.75, 3.05) is 13.1 Å². The molecule has 0 radical (unpaired) electrons. The van der Waals surface area contributed by atoms with E-state index in [1.54, 1.807) is 0 Å². The van der Waals surface area contributed by atoms with Gasteiger partial charge in [-0.2, -0.15) is 0 Å². The first kappa shape index (κ1) is 27.5. The minimum Gasteiger partial charge on any atom is -0.293 e. The van der Waals surface area contributed by atoms with Gasteiger partial charge in [-0.15, -0.1) is 5.92 Å². The van der Waals surface area contributed by atoms with Gasteiger partial charge in [0.2, 0.25) is 0 Å². The lowest BCUT2D eigenvalue weighted by Crippen LogP contribution is -2.63. The van der Waals surface area contributed by atoms with Crippen LogP contribution in [0.2, 0.25) is 0 Å². The Kier molecular flexibility index (Phi) is 8.66. The van der Waals surface area contributed by atoms with Gasteiger partial charge in [0.15, 0.2) is 0 Å². The second-order valence-corrected chi connectivity index (χ2v) is 13.1. The highest BCUT2D eigenvalue weighted by Gasteiger charge is 2.69. The van der Waals surface area contributed by atoms with E-state index in [0.29, 0.717) is 22.9 Å². The number of hydrogen-bond donors (Lipinski definition) is 0. The number of piperazine rings is 1. The van der Waals surface area contributed by atoms with Crippen molar-refractivity contribution < 1.29 is 0 Å². The summed E-state index contributed by atoms with van der Waals surface area (Å²) in [6, 6.07) is 23.7. The summed E-state index contributed by atoms with van der Waals surface area (Å²) in [6.07, 6.45) is 11.7. The van der Waals surface area contributed by atoms with Gasteiger partial charge in [-0.1, -0.05) is 126 Å². The Labute approximate surface area is 233 Å². The molecule has 204 valence electrons. The molecule has 2 bridgehead atoms. The second-order valence-electron chi connectivity index (χ2n) is 13.1. The first-order valence-electron chi connectivity index (χ1n) is 15.5. The van der Waals surface area contributed by atoms with E-state index in [9.17, 15) is 0 Å². The molecule has 0 amide bonds. The Morgan fingerprint density at radius 1 is 0.868 bits per heavy atom. The fourth-order valence-electron chi connectivity index (χ4n) is 8.30. The quantitative estimate of drug-likeness (QED) is 0.233. The van der Waals surface area contributed by atoms with E-state index in [2.05, 4.69) is 110 Å². The van der Waals surface area contributed by atoms with Crippen LogP contribution in [0.15, 0.2) is 60.7 Å². The molecule has 2 unspecified atom stereocenters. The summed E-state index contributed by atoms with van der Waals surface area (Å²) in [7, 11) is 0. The molecule has 2 heteroatoms. The third kappa shape index (κ3) is 5.22. The maximum Gasteiger partial charge on any atom is 0.0974 e. The normalized spacial score (nSPS) is 29.0. The standard InChI is InChI=1S/C36H50N2/c1-5-6-7-8-9-10-11-18-23-32(30-21-16-13-17-22-30)38-27-26-37(28-29-19-14-12-15-20-29)34-33(38)31-24-25-36(34,4)35(31,2)3/h12-17,19-22,31-34H,5-11,24-28H2,1-4H3/t31-,32-,33?,34?,36+/m1/s1. The third-order valence-electron chi connectivity index (χ3n) is 10.8. The van der Waals surface area contributed by atoms with Gasteiger partial charge in [-0.05, 0) is 47.1 Å². The predicted octanol–water partition coefficient (Wildman–Crippen LogP) is 8.49. The predicted molar refractivity (Wildman–Crippen MR) is 161 cm³/mol. The average Bonchev–Trinajstić information content (AvgIpc) is 3.27. The van der Waals surface area contributed by atoms with Gasteiger partial charge in [-0.25, -0.2) is 0 Å². The molecule has 1 saturated heterocycles. The van der Waals surface area contributed by atoms with Crippen LogP contribution in [-0.4, -0.2) is 35.0 Å². The van der Waals surface area contributed by atoms with E-state index >= 15 is 0 Å². The minimum absolute atomic E-state index is 0.196. The number of fused-ring (bicyclic) bond motifs is 5. The fourth-order valence-corrected chi connectivity index (χ4v) is 8.30. The molecule has 0 spiro atoms. The van der Waals surface area contributed by atoms with Crippen LogP contribution in [0, 0.1) is 28.6 Å². The van der Waals surface area contributed by atoms with Gasteiger partial charge < -0.3 is 0 Å². The number of hydrogen-bond acceptors (Lipinski definition) is 2. The molecule has 0 N–H and O–H groups in total. The summed E-state index contributed by atoms with van der Waals surface area (Å²) in [5, 5.41) is 0. The van der Waals surface area contributed by atoms with Crippen molar-refractivity contribution in [2.24, 2.45) is 16.7 Å². The van der Waals surface area contributed by atoms with Crippen LogP contribution in [-0.2, 0) is 6.54 Å². The molecule has 0 aromatic heterocycles. The smallest absolute Gasteiger partial charge is 0.0974 e. The van der Waals surface area contributed by atoms with Crippen molar-refractivity contribution >= 4 is 0 Å². The summed E-state index contributed by atoms with van der Waals surface area (Å²) in [4.78, 5) is 5.70. The molecule has 38 heavy (non-hydrogen) atoms. The Balaban J connectivity index is 1.40. The number of benzene rings is 2. The molecule has 2 nitrogen and oxygen atoms in total. The molecule has 2 saturated carbocycles. The molecule has 5 rings (SSSR count). The lowest BCUT2D eigenvalue weighted by atomic mass is 9.68. The molecule has 2 aromatic carbocycles. The SMILES string of the molecule is CCCCCCCCC#C[C@H](c1ccccc1)N1CCN(Cc2ccccc2)C2C1[C@H]1CC[C@]2(C)C1(C)C. The van der Waals surface area contributed by atoms with Crippen LogP contribution >= 0.6 is 0 Å². The first-order chi connectivity index (χ1) is 18.5. The molecule has 1 heterocycles. The summed E-state index contributed by atoms with van der Waals surface area (Å²) in [5.41, 5.74) is 3.50. The monoisotopic (exact) mass is 510 g/mol. The zero-order valence-electron chi connectivity index (χ0n) is 24.5. The first-order valence-corrected chi connectivity index (χ1v) is 15.5. The number of nitrogens with zero attached hydrogens (tertiary/aromatic N) is 2. The van der Waals surface area contributed by atoms with E-state index < -0.39 is 0 Å². The zero-order valence-corrected chi connectivity index (χ0v) is 24.5. The molecule has 3 fully saturated rings. The number of unbranched alkanes of at least 4 members (excludes halogenated alkanes) is 6. The van der Waals surface area contributed by atoms with E-state index in [4.69, 9.17) is 0 Å². The highest BCUT2D eigenvalue weighted by atomic mass is 15.3. The fraction of sp³-hybridized carbons (Fsp3) is 0.611. The van der Waals surface area contributed by atoms with Crippen molar-refractivity contribution in [1.29, 1.82) is 0 Å². The second kappa shape index (κ2) is 12.0. The number of rotatable bonds is 10. The Bertz CT molecular complexity index is 1080. The van der Waals surface area contributed by atoms with E-state index in [-0.39, 0.29) is 6.04 Å². The van der Waals surface area contributed by atoms with Gasteiger partial charge in [0.05, 0.1) is 6.04 Å². The van der Waals surface area contributed by atoms with Gasteiger partial charge in [0.25, 0.3) is 0 Å². The van der Waals surface area contributed by atoms with Crippen molar-refractivity contribution in [3.05, 3.63) is 71.8 Å². The largest absolute Gasteiger partial charge is 0.293 e. The minimum atomic E-state index is 0.196. The van der Waals surface area contributed by atoms with Crippen LogP contribution in [0.1, 0.15) is 103 Å². The van der Waals surface area contributed by atoms with Crippen LogP contribution in [0.25, 0.3) is 0 Å². The van der Waals surface area contributed by atoms with Crippen LogP contribution < -0.4 is 0 Å². The van der Waals surface area contributed by atoms with Crippen molar-refractivity contribution in [2.45, 2.75) is 110 Å². The topological polar surface area (TPSA) is 6.48 Å². The zero-order chi connectivity index (χ0) is 26.6. The lowest BCUT2D eigenvalue weighted by Gasteiger charge is -2.54. The van der Waals surface area contributed by atoms with Crippen molar-refractivity contribution in [3.63, 3.8) is 0 Å². The van der Waals surface area contributed by atoms with E-state index in [1.807, 2.05) is 0 Å². The van der Waals surface area contributed by atoms with Gasteiger partial charge in [-0.3, -0.25) is 9.80 Å². The molecule has 3 aliphatic rings. The molecule has 5 atom stereocenters. The summed E-state index contributed by atoms with van der Waals surface area (Å²) in [5.74, 6) is 8.24. The Morgan fingerprint density at radius 2 is 1.55 bits per heavy atom. The summed E-state index contributed by atoms with van der Waals surface area (Å²) < 4.78 is 0. The lowest BCUT2D eigenvalue weighted by molar-refractivity contribution is -0.0514. The summed E-state index contributed by atoms with van der Waals surface area (Å²) >= 11 is 0. The molecular formula is C36H50N2. The molecule has 2 aromatic rings. The maximum absolute atomic E-state index is 3.84. The highest BCUT2D eigenvalue weighted by molar-refractivity contribution is 5.31. The third-order valence-corrected chi connectivity index (χ3v) is 10.8. The van der Waals surface area contributed by atoms with E-state index in [1.165, 1.54) is 62.5 Å². The average molecular weight is 511 g/mol. The van der Waals surface area contributed by atoms with Crippen molar-refractivity contribution in [3.8, 4) is 11.8 Å². The molecule has 1 aliphatic heterocycles. The van der Waals surface area contributed by atoms with Crippen molar-refractivity contribution in [1.82, 2.24) is 9.80 Å². The molecular weight excluding hydrogens is 460 g/mol.